The van der Waals surface area contributed by atoms with E-state index in [2.05, 4.69) is 15.4 Å². The first-order valence-electron chi connectivity index (χ1n) is 7.64. The van der Waals surface area contributed by atoms with Gasteiger partial charge >= 0.3 is 6.36 Å². The van der Waals surface area contributed by atoms with Gasteiger partial charge in [0.1, 0.15) is 11.8 Å². The average Bonchev–Trinajstić information content (AvgIpc) is 2.51. The lowest BCUT2D eigenvalue weighted by atomic mass is 10.1. The fourth-order valence-electron chi connectivity index (χ4n) is 2.14. The fourth-order valence-corrected chi connectivity index (χ4v) is 2.14. The van der Waals surface area contributed by atoms with E-state index in [1.807, 2.05) is 32.0 Å². The summed E-state index contributed by atoms with van der Waals surface area (Å²) in [6.45, 7) is 5.60. The van der Waals surface area contributed by atoms with Crippen LogP contribution in [0.3, 0.4) is 0 Å². The number of halogens is 3. The van der Waals surface area contributed by atoms with Crippen molar-refractivity contribution in [1.82, 2.24) is 0 Å². The van der Waals surface area contributed by atoms with Crippen molar-refractivity contribution in [3.05, 3.63) is 53.6 Å². The predicted octanol–water partition coefficient (Wildman–Crippen LogP) is 4.64. The van der Waals surface area contributed by atoms with E-state index >= 15 is 0 Å². The van der Waals surface area contributed by atoms with Gasteiger partial charge in [-0.25, -0.2) is 0 Å². The molecule has 134 valence electrons. The second kappa shape index (κ2) is 7.46. The van der Waals surface area contributed by atoms with E-state index in [0.29, 0.717) is 11.4 Å². The van der Waals surface area contributed by atoms with Gasteiger partial charge in [0, 0.05) is 11.4 Å². The molecule has 25 heavy (non-hydrogen) atoms. The van der Waals surface area contributed by atoms with Gasteiger partial charge in [-0.05, 0) is 68.3 Å². The summed E-state index contributed by atoms with van der Waals surface area (Å²) in [4.78, 5) is 12.2. The monoisotopic (exact) mass is 352 g/mol. The van der Waals surface area contributed by atoms with Crippen molar-refractivity contribution in [1.29, 1.82) is 0 Å². The number of amides is 1. The molecule has 1 amide bonds. The molecule has 0 unspecified atom stereocenters. The van der Waals surface area contributed by atoms with Gasteiger partial charge in [-0.15, -0.1) is 13.2 Å². The third-order valence-electron chi connectivity index (χ3n) is 3.64. The van der Waals surface area contributed by atoms with Crippen LogP contribution in [0, 0.1) is 13.8 Å². The molecule has 4 nitrogen and oxygen atoms in total. The molecule has 1 atom stereocenters. The molecule has 0 aromatic heterocycles. The Hall–Kier alpha value is -2.70. The van der Waals surface area contributed by atoms with Crippen molar-refractivity contribution in [2.45, 2.75) is 33.2 Å². The van der Waals surface area contributed by atoms with Crippen LogP contribution in [-0.2, 0) is 4.79 Å². The summed E-state index contributed by atoms with van der Waals surface area (Å²) >= 11 is 0. The highest BCUT2D eigenvalue weighted by atomic mass is 19.4. The number of carbonyl (C=O) groups is 1. The second-order valence-corrected chi connectivity index (χ2v) is 5.73. The van der Waals surface area contributed by atoms with Crippen molar-refractivity contribution in [2.24, 2.45) is 0 Å². The molecule has 0 radical (unpaired) electrons. The number of hydrogen-bond acceptors (Lipinski definition) is 3. The van der Waals surface area contributed by atoms with Crippen LogP contribution < -0.4 is 15.4 Å². The standard InChI is InChI=1S/C18H19F3N2O2/c1-11-4-5-15(10-12(11)2)23-17(24)13(3)22-14-6-8-16(9-7-14)25-18(19,20)21/h4-10,13,22H,1-3H3,(H,23,24)/t13-/m1/s1. The molecular weight excluding hydrogens is 333 g/mol. The number of alkyl halides is 3. The van der Waals surface area contributed by atoms with Gasteiger partial charge in [0.05, 0.1) is 0 Å². The van der Waals surface area contributed by atoms with Gasteiger partial charge in [-0.3, -0.25) is 4.79 Å². The van der Waals surface area contributed by atoms with E-state index in [9.17, 15) is 18.0 Å². The summed E-state index contributed by atoms with van der Waals surface area (Å²) in [7, 11) is 0. The Morgan fingerprint density at radius 3 is 2.16 bits per heavy atom. The minimum absolute atomic E-state index is 0.251. The zero-order valence-electron chi connectivity index (χ0n) is 14.1. The average molecular weight is 352 g/mol. The number of nitrogens with one attached hydrogen (secondary N) is 2. The maximum atomic E-state index is 12.2. The Morgan fingerprint density at radius 1 is 1.00 bits per heavy atom. The third-order valence-corrected chi connectivity index (χ3v) is 3.64. The maximum Gasteiger partial charge on any atom is 0.573 e. The zero-order valence-corrected chi connectivity index (χ0v) is 14.1. The Balaban J connectivity index is 1.95. The summed E-state index contributed by atoms with van der Waals surface area (Å²) in [5.41, 5.74) is 3.40. The molecule has 2 rings (SSSR count). The molecule has 0 bridgehead atoms. The topological polar surface area (TPSA) is 50.4 Å². The highest BCUT2D eigenvalue weighted by Crippen LogP contribution is 2.24. The minimum atomic E-state index is -4.73. The van der Waals surface area contributed by atoms with Crippen LogP contribution in [0.1, 0.15) is 18.1 Å². The van der Waals surface area contributed by atoms with Crippen molar-refractivity contribution < 1.29 is 22.7 Å². The largest absolute Gasteiger partial charge is 0.573 e. The Bertz CT molecular complexity index is 743. The van der Waals surface area contributed by atoms with Gasteiger partial charge in [0.25, 0.3) is 0 Å². The molecule has 2 aromatic rings. The lowest BCUT2D eigenvalue weighted by Crippen LogP contribution is -2.31. The van der Waals surface area contributed by atoms with Crippen LogP contribution in [0.15, 0.2) is 42.5 Å². The van der Waals surface area contributed by atoms with Crippen LogP contribution >= 0.6 is 0 Å². The zero-order chi connectivity index (χ0) is 18.6. The van der Waals surface area contributed by atoms with Crippen molar-refractivity contribution in [3.63, 3.8) is 0 Å². The molecule has 0 aliphatic heterocycles. The van der Waals surface area contributed by atoms with Crippen molar-refractivity contribution >= 4 is 17.3 Å². The van der Waals surface area contributed by atoms with E-state index in [1.165, 1.54) is 24.3 Å². The van der Waals surface area contributed by atoms with E-state index < -0.39 is 12.4 Å². The van der Waals surface area contributed by atoms with Crippen molar-refractivity contribution in [2.75, 3.05) is 10.6 Å². The first-order chi connectivity index (χ1) is 11.6. The molecule has 0 aliphatic rings. The van der Waals surface area contributed by atoms with Crippen LogP contribution in [-0.4, -0.2) is 18.3 Å². The van der Waals surface area contributed by atoms with Gasteiger partial charge in [-0.2, -0.15) is 0 Å². The van der Waals surface area contributed by atoms with Crippen LogP contribution in [0.5, 0.6) is 5.75 Å². The quantitative estimate of drug-likeness (QED) is 0.824. The molecule has 0 saturated heterocycles. The second-order valence-electron chi connectivity index (χ2n) is 5.73. The molecule has 0 saturated carbocycles. The highest BCUT2D eigenvalue weighted by Gasteiger charge is 2.31. The van der Waals surface area contributed by atoms with E-state index in [0.717, 1.165) is 11.1 Å². The highest BCUT2D eigenvalue weighted by molar-refractivity contribution is 5.96. The molecule has 7 heteroatoms. The molecule has 2 aromatic carbocycles. The number of benzene rings is 2. The van der Waals surface area contributed by atoms with Gasteiger partial charge in [-0.1, -0.05) is 6.07 Å². The number of aryl methyl sites for hydroxylation is 2. The fraction of sp³-hybridized carbons (Fsp3) is 0.278. The van der Waals surface area contributed by atoms with Gasteiger partial charge in [0.2, 0.25) is 5.91 Å². The summed E-state index contributed by atoms with van der Waals surface area (Å²) in [5, 5.41) is 5.73. The lowest BCUT2D eigenvalue weighted by molar-refractivity contribution is -0.274. The maximum absolute atomic E-state index is 12.2. The van der Waals surface area contributed by atoms with E-state index in [-0.39, 0.29) is 11.7 Å². The summed E-state index contributed by atoms with van der Waals surface area (Å²) in [6, 6.07) is 10.2. The number of carbonyl (C=O) groups excluding carboxylic acids is 1. The molecule has 0 fully saturated rings. The Kier molecular flexibility index (Phi) is 5.56. The normalized spacial score (nSPS) is 12.4. The summed E-state index contributed by atoms with van der Waals surface area (Å²) in [6.07, 6.45) is -4.73. The first-order valence-corrected chi connectivity index (χ1v) is 7.64. The van der Waals surface area contributed by atoms with Gasteiger partial charge in [0.15, 0.2) is 0 Å². The van der Waals surface area contributed by atoms with E-state index in [4.69, 9.17) is 0 Å². The smallest absolute Gasteiger partial charge is 0.406 e. The van der Waals surface area contributed by atoms with Crippen molar-refractivity contribution in [3.8, 4) is 5.75 Å². The molecule has 0 aliphatic carbocycles. The Morgan fingerprint density at radius 2 is 1.60 bits per heavy atom. The number of rotatable bonds is 5. The molecule has 2 N–H and O–H groups in total. The molecule has 0 spiro atoms. The lowest BCUT2D eigenvalue weighted by Gasteiger charge is -2.16. The minimum Gasteiger partial charge on any atom is -0.406 e. The molecule has 0 heterocycles. The first kappa shape index (κ1) is 18.6. The van der Waals surface area contributed by atoms with E-state index in [1.54, 1.807) is 6.92 Å². The van der Waals surface area contributed by atoms with Crippen LogP contribution in [0.2, 0.25) is 0 Å². The summed E-state index contributed by atoms with van der Waals surface area (Å²) < 4.78 is 40.2. The molecular formula is C18H19F3N2O2. The van der Waals surface area contributed by atoms with Gasteiger partial charge < -0.3 is 15.4 Å². The predicted molar refractivity (Wildman–Crippen MR) is 90.8 cm³/mol. The third kappa shape index (κ3) is 5.70. The Labute approximate surface area is 144 Å². The summed E-state index contributed by atoms with van der Waals surface area (Å²) in [5.74, 6) is -0.566. The van der Waals surface area contributed by atoms with Crippen LogP contribution in [0.4, 0.5) is 24.5 Å². The number of ether oxygens (including phenoxy) is 1. The van der Waals surface area contributed by atoms with Crippen LogP contribution in [0.25, 0.3) is 0 Å². The number of anilines is 2. The number of hydrogen-bond donors (Lipinski definition) is 2. The SMILES string of the molecule is Cc1ccc(NC(=O)[C@@H](C)Nc2ccc(OC(F)(F)F)cc2)cc1C.